The Hall–Kier alpha value is -1.48. The molecule has 1 fully saturated rings. The van der Waals surface area contributed by atoms with Crippen molar-refractivity contribution in [2.75, 3.05) is 31.6 Å². The molecular formula is C12H21N5O3S. The van der Waals surface area contributed by atoms with Crippen LogP contribution in [0.3, 0.4) is 0 Å². The highest BCUT2D eigenvalue weighted by Gasteiger charge is 2.31. The van der Waals surface area contributed by atoms with Crippen LogP contribution < -0.4 is 5.32 Å². The van der Waals surface area contributed by atoms with Crippen LogP contribution in [0.4, 0.5) is 0 Å². The number of sulfone groups is 1. The summed E-state index contributed by atoms with van der Waals surface area (Å²) in [6.07, 6.45) is 4.77. The van der Waals surface area contributed by atoms with Crippen molar-refractivity contribution in [3.8, 4) is 0 Å². The molecule has 0 radical (unpaired) electrons. The highest BCUT2D eigenvalue weighted by Crippen LogP contribution is 2.15. The zero-order chi connectivity index (χ0) is 15.3. The second-order valence-electron chi connectivity index (χ2n) is 5.34. The molecule has 0 aromatic carbocycles. The van der Waals surface area contributed by atoms with Crippen molar-refractivity contribution < 1.29 is 13.2 Å². The lowest BCUT2D eigenvalue weighted by molar-refractivity contribution is -0.122. The molecule has 1 aromatic rings. The van der Waals surface area contributed by atoms with E-state index in [0.717, 1.165) is 6.42 Å². The highest BCUT2D eigenvalue weighted by atomic mass is 32.2. The Labute approximate surface area is 124 Å². The summed E-state index contributed by atoms with van der Waals surface area (Å²) >= 11 is 0. The van der Waals surface area contributed by atoms with E-state index in [1.807, 2.05) is 4.90 Å². The minimum atomic E-state index is -2.91. The summed E-state index contributed by atoms with van der Waals surface area (Å²) in [7, 11) is -1.12. The molecular weight excluding hydrogens is 294 g/mol. The van der Waals surface area contributed by atoms with Crippen molar-refractivity contribution in [3.05, 3.63) is 12.4 Å². The molecule has 0 spiro atoms. The van der Waals surface area contributed by atoms with E-state index in [-0.39, 0.29) is 30.0 Å². The minimum Gasteiger partial charge on any atom is -0.355 e. The first kappa shape index (κ1) is 15.9. The Morgan fingerprint density at radius 3 is 2.95 bits per heavy atom. The van der Waals surface area contributed by atoms with E-state index in [1.54, 1.807) is 24.1 Å². The predicted octanol–water partition coefficient (Wildman–Crippen LogP) is -1.10. The van der Waals surface area contributed by atoms with Crippen molar-refractivity contribution in [1.29, 1.82) is 0 Å². The Morgan fingerprint density at radius 1 is 1.52 bits per heavy atom. The van der Waals surface area contributed by atoms with E-state index in [4.69, 9.17) is 0 Å². The van der Waals surface area contributed by atoms with Gasteiger partial charge in [0.05, 0.1) is 24.2 Å². The molecule has 8 nitrogen and oxygen atoms in total. The first-order valence-electron chi connectivity index (χ1n) is 6.98. The number of likely N-dealkylation sites (N-methyl/N-ethyl adjacent to an activating group) is 1. The molecule has 9 heteroatoms. The van der Waals surface area contributed by atoms with Gasteiger partial charge < -0.3 is 5.32 Å². The summed E-state index contributed by atoms with van der Waals surface area (Å²) in [5.41, 5.74) is 0. The summed E-state index contributed by atoms with van der Waals surface area (Å²) in [6, 6.07) is -0.0455. The largest absolute Gasteiger partial charge is 0.355 e. The van der Waals surface area contributed by atoms with Gasteiger partial charge in [0.1, 0.15) is 0 Å². The molecule has 21 heavy (non-hydrogen) atoms. The molecule has 1 atom stereocenters. The lowest BCUT2D eigenvalue weighted by Gasteiger charge is -2.22. The van der Waals surface area contributed by atoms with Gasteiger partial charge in [-0.15, -0.1) is 5.10 Å². The van der Waals surface area contributed by atoms with Crippen molar-refractivity contribution in [1.82, 2.24) is 25.2 Å². The van der Waals surface area contributed by atoms with Crippen LogP contribution in [0.15, 0.2) is 12.4 Å². The van der Waals surface area contributed by atoms with Gasteiger partial charge in [0, 0.05) is 25.3 Å². The maximum atomic E-state index is 11.8. The number of rotatable bonds is 7. The number of hydrogen-bond donors (Lipinski definition) is 1. The first-order valence-corrected chi connectivity index (χ1v) is 8.80. The zero-order valence-electron chi connectivity index (χ0n) is 12.1. The van der Waals surface area contributed by atoms with Gasteiger partial charge in [0.25, 0.3) is 0 Å². The summed E-state index contributed by atoms with van der Waals surface area (Å²) in [6.45, 7) is 1.50. The quantitative estimate of drug-likeness (QED) is 0.642. The van der Waals surface area contributed by atoms with Gasteiger partial charge in [-0.1, -0.05) is 5.21 Å². The molecule has 0 aliphatic carbocycles. The fraction of sp³-hybridized carbons (Fsp3) is 0.750. The minimum absolute atomic E-state index is 0.0455. The van der Waals surface area contributed by atoms with Crippen LogP contribution in [0.2, 0.25) is 0 Å². The molecule has 0 bridgehead atoms. The SMILES string of the molecule is CN(CC(=O)NCCCn1ccnn1)C1CCS(=O)(=O)C1. The maximum Gasteiger partial charge on any atom is 0.234 e. The summed E-state index contributed by atoms with van der Waals surface area (Å²) in [5.74, 6) is 0.297. The number of nitrogens with zero attached hydrogens (tertiary/aromatic N) is 4. The summed E-state index contributed by atoms with van der Waals surface area (Å²) in [4.78, 5) is 13.6. The Balaban J connectivity index is 1.63. The fourth-order valence-electron chi connectivity index (χ4n) is 2.36. The first-order chi connectivity index (χ1) is 9.96. The van der Waals surface area contributed by atoms with Crippen molar-refractivity contribution in [2.45, 2.75) is 25.4 Å². The molecule has 1 aliphatic rings. The van der Waals surface area contributed by atoms with Crippen LogP contribution in [-0.2, 0) is 21.2 Å². The normalized spacial score (nSPS) is 20.8. The van der Waals surface area contributed by atoms with E-state index < -0.39 is 9.84 Å². The maximum absolute atomic E-state index is 11.8. The van der Waals surface area contributed by atoms with Crippen molar-refractivity contribution >= 4 is 15.7 Å². The Kier molecular flexibility index (Phi) is 5.29. The zero-order valence-corrected chi connectivity index (χ0v) is 12.9. The highest BCUT2D eigenvalue weighted by molar-refractivity contribution is 7.91. The van der Waals surface area contributed by atoms with Gasteiger partial charge in [-0.05, 0) is 19.9 Å². The number of nitrogens with one attached hydrogen (secondary N) is 1. The molecule has 1 aromatic heterocycles. The number of carbonyl (C=O) groups excluding carboxylic acids is 1. The van der Waals surface area contributed by atoms with E-state index >= 15 is 0 Å². The van der Waals surface area contributed by atoms with Crippen LogP contribution in [0, 0.1) is 0 Å². The molecule has 2 heterocycles. The van der Waals surface area contributed by atoms with Gasteiger partial charge in [-0.2, -0.15) is 0 Å². The lowest BCUT2D eigenvalue weighted by atomic mass is 10.2. The topological polar surface area (TPSA) is 97.2 Å². The van der Waals surface area contributed by atoms with E-state index in [1.165, 1.54) is 0 Å². The second kappa shape index (κ2) is 6.99. The third-order valence-electron chi connectivity index (χ3n) is 3.58. The molecule has 1 N–H and O–H groups in total. The van der Waals surface area contributed by atoms with Crippen LogP contribution in [0.25, 0.3) is 0 Å². The van der Waals surface area contributed by atoms with Crippen LogP contribution >= 0.6 is 0 Å². The fourth-order valence-corrected chi connectivity index (χ4v) is 4.16. The number of aromatic nitrogens is 3. The average molecular weight is 315 g/mol. The molecule has 1 aliphatic heterocycles. The predicted molar refractivity (Wildman–Crippen MR) is 77.3 cm³/mol. The van der Waals surface area contributed by atoms with Crippen molar-refractivity contribution in [2.24, 2.45) is 0 Å². The monoisotopic (exact) mass is 315 g/mol. The van der Waals surface area contributed by atoms with Gasteiger partial charge in [0.2, 0.25) is 5.91 Å². The van der Waals surface area contributed by atoms with Gasteiger partial charge in [-0.25, -0.2) is 8.42 Å². The molecule has 1 saturated heterocycles. The Morgan fingerprint density at radius 2 is 2.33 bits per heavy atom. The Bertz CT molecular complexity index is 557. The van der Waals surface area contributed by atoms with Gasteiger partial charge in [-0.3, -0.25) is 14.4 Å². The number of carbonyl (C=O) groups is 1. The van der Waals surface area contributed by atoms with Crippen molar-refractivity contribution in [3.63, 3.8) is 0 Å². The average Bonchev–Trinajstić information content (AvgIpc) is 3.04. The third kappa shape index (κ3) is 5.09. The summed E-state index contributed by atoms with van der Waals surface area (Å²) < 4.78 is 24.5. The van der Waals surface area contributed by atoms with Crippen LogP contribution in [0.1, 0.15) is 12.8 Å². The molecule has 0 saturated carbocycles. The smallest absolute Gasteiger partial charge is 0.234 e. The third-order valence-corrected chi connectivity index (χ3v) is 5.33. The standard InChI is InChI=1S/C12H21N5O3S/c1-16(11-3-8-21(19,20)10-11)9-12(18)13-4-2-6-17-7-5-14-15-17/h5,7,11H,2-4,6,8-10H2,1H3,(H,13,18). The number of amides is 1. The number of hydrogen-bond acceptors (Lipinski definition) is 6. The second-order valence-corrected chi connectivity index (χ2v) is 7.57. The molecule has 1 unspecified atom stereocenters. The van der Waals surface area contributed by atoms with Crippen LogP contribution in [-0.4, -0.2) is 71.9 Å². The lowest BCUT2D eigenvalue weighted by Crippen LogP contribution is -2.41. The van der Waals surface area contributed by atoms with Gasteiger partial charge in [0.15, 0.2) is 9.84 Å². The molecule has 1 amide bonds. The van der Waals surface area contributed by atoms with E-state index in [0.29, 0.717) is 19.5 Å². The van der Waals surface area contributed by atoms with E-state index in [9.17, 15) is 13.2 Å². The van der Waals surface area contributed by atoms with E-state index in [2.05, 4.69) is 15.6 Å². The molecule has 2 rings (SSSR count). The molecule has 118 valence electrons. The summed E-state index contributed by atoms with van der Waals surface area (Å²) in [5, 5.41) is 10.4. The van der Waals surface area contributed by atoms with Gasteiger partial charge >= 0.3 is 0 Å². The van der Waals surface area contributed by atoms with Crippen LogP contribution in [0.5, 0.6) is 0 Å². The number of aryl methyl sites for hydroxylation is 1.